The molecule has 1 aromatic carbocycles. The number of methoxy groups -OCH3 is 1. The first kappa shape index (κ1) is 29.1. The van der Waals surface area contributed by atoms with E-state index in [1.54, 1.807) is 0 Å². The molecule has 5 atom stereocenters. The van der Waals surface area contributed by atoms with Crippen LogP contribution in [0.4, 0.5) is 5.82 Å². The molecule has 17 heteroatoms. The summed E-state index contributed by atoms with van der Waals surface area (Å²) in [4.78, 5) is 47.7. The fourth-order valence-electron chi connectivity index (χ4n) is 4.02. The average Bonchev–Trinajstić information content (AvgIpc) is 3.50. The number of fused-ring (bicyclic) bond motifs is 1. The van der Waals surface area contributed by atoms with E-state index in [4.69, 9.17) is 14.7 Å². The molecule has 0 radical (unpaired) electrons. The van der Waals surface area contributed by atoms with Crippen molar-refractivity contribution in [2.45, 2.75) is 31.0 Å². The van der Waals surface area contributed by atoms with Crippen LogP contribution in [-0.2, 0) is 28.8 Å². The zero-order valence-electron chi connectivity index (χ0n) is 21.0. The number of aromatic nitrogens is 4. The number of benzene rings is 1. The highest BCUT2D eigenvalue weighted by molar-refractivity contribution is 7.84. The van der Waals surface area contributed by atoms with E-state index in [2.05, 4.69) is 24.4 Å². The average molecular weight is 579 g/mol. The van der Waals surface area contributed by atoms with Crippen molar-refractivity contribution >= 4 is 45.3 Å². The maximum atomic E-state index is 12.6. The van der Waals surface area contributed by atoms with Gasteiger partial charge in [0.15, 0.2) is 23.5 Å². The Balaban J connectivity index is 1.32. The van der Waals surface area contributed by atoms with E-state index in [1.807, 2.05) is 0 Å². The lowest BCUT2D eigenvalue weighted by Gasteiger charge is -2.16. The number of Topliss-reactive ketones (excluding diaryl/α,β-unsaturated/α-hetero) is 1. The van der Waals surface area contributed by atoms with Crippen LogP contribution in [0, 0.1) is 5.92 Å². The summed E-state index contributed by atoms with van der Waals surface area (Å²) in [5.74, 6) is -2.08. The number of aldehydes is 1. The highest BCUT2D eigenvalue weighted by Gasteiger charge is 2.45. The molecule has 1 fully saturated rings. The SMILES string of the molecule is COC(=O)c1cccc(C(=O)CC(C=O)CNS(=O)(=O)OC[C@H]2O[C@@H](n3cnc4c(N)ncnc43)[C@H](O)[C@@H]2O)c1. The summed E-state index contributed by atoms with van der Waals surface area (Å²) < 4.78 is 43.3. The molecule has 3 aromatic rings. The van der Waals surface area contributed by atoms with E-state index in [-0.39, 0.29) is 34.5 Å². The lowest BCUT2D eigenvalue weighted by molar-refractivity contribution is -0.110. The third-order valence-electron chi connectivity index (χ3n) is 6.15. The van der Waals surface area contributed by atoms with Gasteiger partial charge in [-0.15, -0.1) is 0 Å². The van der Waals surface area contributed by atoms with Crippen LogP contribution < -0.4 is 10.5 Å². The Morgan fingerprint density at radius 3 is 2.70 bits per heavy atom. The van der Waals surface area contributed by atoms with E-state index in [0.717, 1.165) is 0 Å². The second-order valence-corrected chi connectivity index (χ2v) is 10.2. The largest absolute Gasteiger partial charge is 0.465 e. The molecule has 16 nitrogen and oxygen atoms in total. The predicted octanol–water partition coefficient (Wildman–Crippen LogP) is -1.25. The minimum Gasteiger partial charge on any atom is -0.465 e. The van der Waals surface area contributed by atoms with Gasteiger partial charge in [0.25, 0.3) is 0 Å². The molecule has 1 unspecified atom stereocenters. The first-order valence-electron chi connectivity index (χ1n) is 11.8. The minimum absolute atomic E-state index is 0.0962. The molecule has 2 aromatic heterocycles. The number of imidazole rings is 1. The normalized spacial score (nSPS) is 21.8. The van der Waals surface area contributed by atoms with E-state index < -0.39 is 65.7 Å². The lowest BCUT2D eigenvalue weighted by Crippen LogP contribution is -2.37. The number of nitrogens with two attached hydrogens (primary N) is 1. The molecule has 1 aliphatic heterocycles. The van der Waals surface area contributed by atoms with Gasteiger partial charge in [-0.25, -0.2) is 19.7 Å². The fourth-order valence-corrected chi connectivity index (χ4v) is 4.84. The summed E-state index contributed by atoms with van der Waals surface area (Å²) in [6.07, 6.45) is -2.92. The topological polar surface area (TPSA) is 235 Å². The van der Waals surface area contributed by atoms with Crippen molar-refractivity contribution in [3.8, 4) is 0 Å². The Kier molecular flexibility index (Phi) is 8.82. The highest BCUT2D eigenvalue weighted by atomic mass is 32.2. The molecule has 40 heavy (non-hydrogen) atoms. The summed E-state index contributed by atoms with van der Waals surface area (Å²) in [6, 6.07) is 5.70. The van der Waals surface area contributed by atoms with Crippen molar-refractivity contribution in [3.63, 3.8) is 0 Å². The molecule has 214 valence electrons. The Bertz CT molecular complexity index is 1510. The Labute approximate surface area is 227 Å². The van der Waals surface area contributed by atoms with Crippen molar-refractivity contribution < 1.29 is 46.7 Å². The van der Waals surface area contributed by atoms with Crippen LogP contribution in [0.5, 0.6) is 0 Å². The van der Waals surface area contributed by atoms with E-state index in [9.17, 15) is 33.0 Å². The van der Waals surface area contributed by atoms with Gasteiger partial charge < -0.3 is 30.2 Å². The van der Waals surface area contributed by atoms with Gasteiger partial charge in [-0.3, -0.25) is 13.5 Å². The van der Waals surface area contributed by atoms with Gasteiger partial charge in [0.1, 0.15) is 36.4 Å². The Morgan fingerprint density at radius 1 is 1.23 bits per heavy atom. The van der Waals surface area contributed by atoms with Crippen LogP contribution >= 0.6 is 0 Å². The van der Waals surface area contributed by atoms with Crippen molar-refractivity contribution in [2.24, 2.45) is 5.92 Å². The number of nitrogen functional groups attached to an aromatic ring is 1. The zero-order chi connectivity index (χ0) is 29.0. The number of carbonyl (C=O) groups excluding carboxylic acids is 3. The van der Waals surface area contributed by atoms with Crippen LogP contribution in [0.25, 0.3) is 11.2 Å². The van der Waals surface area contributed by atoms with E-state index in [1.165, 1.54) is 48.6 Å². The number of hydrogen-bond donors (Lipinski definition) is 4. The van der Waals surface area contributed by atoms with Crippen LogP contribution in [-0.4, -0.2) is 94.8 Å². The van der Waals surface area contributed by atoms with Gasteiger partial charge in [-0.2, -0.15) is 13.1 Å². The van der Waals surface area contributed by atoms with Crippen LogP contribution in [0.2, 0.25) is 0 Å². The van der Waals surface area contributed by atoms with Crippen LogP contribution in [0.1, 0.15) is 33.4 Å². The van der Waals surface area contributed by atoms with Gasteiger partial charge in [-0.05, 0) is 12.1 Å². The maximum Gasteiger partial charge on any atom is 0.337 e. The van der Waals surface area contributed by atoms with E-state index in [0.29, 0.717) is 6.29 Å². The fraction of sp³-hybridized carbons (Fsp3) is 0.391. The second kappa shape index (κ2) is 12.1. The Morgan fingerprint density at radius 2 is 1.98 bits per heavy atom. The first-order valence-corrected chi connectivity index (χ1v) is 13.2. The quantitative estimate of drug-likeness (QED) is 0.112. The number of aliphatic hydroxyl groups is 2. The van der Waals surface area contributed by atoms with Gasteiger partial charge in [0.05, 0.1) is 25.6 Å². The monoisotopic (exact) mass is 578 g/mol. The number of rotatable bonds is 12. The third-order valence-corrected chi connectivity index (χ3v) is 7.12. The van der Waals surface area contributed by atoms with Crippen molar-refractivity contribution in [2.75, 3.05) is 26.0 Å². The lowest BCUT2D eigenvalue weighted by atomic mass is 9.98. The summed E-state index contributed by atoms with van der Waals surface area (Å²) in [6.45, 7) is -1.14. The van der Waals surface area contributed by atoms with Crippen LogP contribution in [0.3, 0.4) is 0 Å². The molecular formula is C23H26N6O10S. The third kappa shape index (κ3) is 6.30. The number of ether oxygens (including phenoxy) is 2. The predicted molar refractivity (Wildman–Crippen MR) is 135 cm³/mol. The number of ketones is 1. The van der Waals surface area contributed by atoms with Crippen molar-refractivity contribution in [3.05, 3.63) is 48.0 Å². The van der Waals surface area contributed by atoms with E-state index >= 15 is 0 Å². The Hall–Kier alpha value is -3.87. The molecule has 4 rings (SSSR count). The smallest absolute Gasteiger partial charge is 0.337 e. The molecule has 1 aliphatic rings. The molecule has 0 bridgehead atoms. The number of anilines is 1. The van der Waals surface area contributed by atoms with Gasteiger partial charge in [-0.1, -0.05) is 12.1 Å². The van der Waals surface area contributed by atoms with Gasteiger partial charge in [0.2, 0.25) is 0 Å². The highest BCUT2D eigenvalue weighted by Crippen LogP contribution is 2.32. The van der Waals surface area contributed by atoms with Gasteiger partial charge in [0, 0.05) is 24.4 Å². The molecule has 0 spiro atoms. The molecule has 0 aliphatic carbocycles. The molecular weight excluding hydrogens is 552 g/mol. The second-order valence-electron chi connectivity index (χ2n) is 8.81. The number of esters is 1. The molecule has 0 amide bonds. The summed E-state index contributed by atoms with van der Waals surface area (Å²) >= 11 is 0. The summed E-state index contributed by atoms with van der Waals surface area (Å²) in [5.41, 5.74) is 6.53. The van der Waals surface area contributed by atoms with Crippen LogP contribution in [0.15, 0.2) is 36.9 Å². The molecule has 3 heterocycles. The number of nitrogens with zero attached hydrogens (tertiary/aromatic N) is 4. The standard InChI is InChI=1S/C23H26N6O10S/c1-37-23(34)14-4-2-3-13(6-14)15(31)5-12(8-30)7-28-40(35,36)38-9-16-18(32)19(33)22(39-16)29-11-27-17-20(24)25-10-26-21(17)29/h2-4,6,8,10-12,16,18-19,22,28,32-33H,5,7,9H2,1H3,(H2,24,25,26)/t12?,16-,18-,19-,22-/m1/s1. The van der Waals surface area contributed by atoms with Crippen molar-refractivity contribution in [1.82, 2.24) is 24.2 Å². The summed E-state index contributed by atoms with van der Waals surface area (Å²) in [7, 11) is -3.26. The molecule has 1 saturated heterocycles. The number of carbonyl (C=O) groups is 3. The van der Waals surface area contributed by atoms with Gasteiger partial charge >= 0.3 is 16.3 Å². The number of nitrogens with one attached hydrogen (secondary N) is 1. The molecule has 5 N–H and O–H groups in total. The zero-order valence-corrected chi connectivity index (χ0v) is 21.8. The number of aliphatic hydroxyl groups excluding tert-OH is 2. The summed E-state index contributed by atoms with van der Waals surface area (Å²) in [5, 5.41) is 20.9. The molecule has 0 saturated carbocycles. The number of hydrogen-bond acceptors (Lipinski definition) is 14. The maximum absolute atomic E-state index is 12.6. The minimum atomic E-state index is -4.46. The van der Waals surface area contributed by atoms with Crippen molar-refractivity contribution in [1.29, 1.82) is 0 Å². The first-order chi connectivity index (χ1) is 19.0.